The van der Waals surface area contributed by atoms with Crippen LogP contribution in [0.5, 0.6) is 17.2 Å². The van der Waals surface area contributed by atoms with E-state index in [-0.39, 0.29) is 12.5 Å². The number of pyridine rings is 1. The zero-order valence-electron chi connectivity index (χ0n) is 17.7. The number of nitrogens with zero attached hydrogens (tertiary/aromatic N) is 4. The lowest BCUT2D eigenvalue weighted by molar-refractivity contribution is -0.124. The highest BCUT2D eigenvalue weighted by molar-refractivity contribution is 6.00. The van der Waals surface area contributed by atoms with E-state index in [1.807, 2.05) is 0 Å². The van der Waals surface area contributed by atoms with Gasteiger partial charge in [0.15, 0.2) is 0 Å². The topological polar surface area (TPSA) is 139 Å². The monoisotopic (exact) mass is 444 g/mol. The zero-order valence-corrected chi connectivity index (χ0v) is 17.7. The van der Waals surface area contributed by atoms with Gasteiger partial charge in [0.1, 0.15) is 35.2 Å². The Kier molecular flexibility index (Phi) is 6.13. The third-order valence-electron chi connectivity index (χ3n) is 5.12. The lowest BCUT2D eigenvalue weighted by atomic mass is 10.2. The first kappa shape index (κ1) is 21.7. The molecule has 2 aromatic heterocycles. The summed E-state index contributed by atoms with van der Waals surface area (Å²) < 4.78 is 10.9. The normalized spacial score (nSPS) is 13.3. The Bertz CT molecular complexity index is 1200. The van der Waals surface area contributed by atoms with Gasteiger partial charge >= 0.3 is 0 Å². The number of carbonyl (C=O) groups excluding carboxylic acids is 2. The van der Waals surface area contributed by atoms with Crippen molar-refractivity contribution in [2.45, 2.75) is 24.9 Å². The number of benzene rings is 1. The van der Waals surface area contributed by atoms with E-state index in [1.54, 1.807) is 30.3 Å². The first-order valence-electron chi connectivity index (χ1n) is 10.1. The van der Waals surface area contributed by atoms with Crippen molar-refractivity contribution >= 4 is 11.8 Å². The predicted octanol–water partition coefficient (Wildman–Crippen LogP) is 2.12. The fourth-order valence-electron chi connectivity index (χ4n) is 3.09. The molecule has 166 valence electrons. The van der Waals surface area contributed by atoms with Gasteiger partial charge in [0.05, 0.1) is 36.7 Å². The fraction of sp³-hybridized carbons (Fsp3) is 0.217. The lowest BCUT2D eigenvalue weighted by Crippen LogP contribution is -2.48. The Labute approximate surface area is 189 Å². The molecule has 4 rings (SSSR count). The SMILES string of the molecule is COc1ccc(Oc2ccc(CNC(=O)C3(NC(=O)c4cncnc4)CC3)nc2)c(C#N)c1. The third kappa shape index (κ3) is 5.04. The van der Waals surface area contributed by atoms with Gasteiger partial charge in [0.2, 0.25) is 5.91 Å². The van der Waals surface area contributed by atoms with Crippen LogP contribution in [0.1, 0.15) is 34.5 Å². The summed E-state index contributed by atoms with van der Waals surface area (Å²) in [4.78, 5) is 36.9. The molecule has 0 unspecified atom stereocenters. The summed E-state index contributed by atoms with van der Waals surface area (Å²) in [6.45, 7) is 0.192. The zero-order chi connectivity index (χ0) is 23.3. The molecule has 0 spiro atoms. The number of nitrogens with one attached hydrogen (secondary N) is 2. The van der Waals surface area contributed by atoms with Gasteiger partial charge in [-0.3, -0.25) is 14.6 Å². The Hall–Kier alpha value is -4.52. The smallest absolute Gasteiger partial charge is 0.255 e. The van der Waals surface area contributed by atoms with Gasteiger partial charge in [-0.2, -0.15) is 5.26 Å². The Balaban J connectivity index is 1.33. The summed E-state index contributed by atoms with van der Waals surface area (Å²) in [6.07, 6.45) is 6.75. The van der Waals surface area contributed by atoms with Crippen molar-refractivity contribution in [3.63, 3.8) is 0 Å². The maximum atomic E-state index is 12.6. The van der Waals surface area contributed by atoms with Gasteiger partial charge in [0.25, 0.3) is 5.91 Å². The molecule has 2 heterocycles. The van der Waals surface area contributed by atoms with Crippen molar-refractivity contribution in [1.82, 2.24) is 25.6 Å². The molecule has 10 nitrogen and oxygen atoms in total. The molecule has 2 N–H and O–H groups in total. The largest absolute Gasteiger partial charge is 0.497 e. The van der Waals surface area contributed by atoms with Crippen LogP contribution in [0.4, 0.5) is 0 Å². The molecule has 1 aromatic carbocycles. The number of hydrogen-bond acceptors (Lipinski definition) is 8. The first-order chi connectivity index (χ1) is 16.0. The van der Waals surface area contributed by atoms with Gasteiger partial charge < -0.3 is 20.1 Å². The number of aromatic nitrogens is 3. The van der Waals surface area contributed by atoms with Crippen LogP contribution >= 0.6 is 0 Å². The lowest BCUT2D eigenvalue weighted by Gasteiger charge is -2.17. The maximum absolute atomic E-state index is 12.6. The molecule has 33 heavy (non-hydrogen) atoms. The van der Waals surface area contributed by atoms with E-state index in [9.17, 15) is 14.9 Å². The molecule has 2 amide bonds. The highest BCUT2D eigenvalue weighted by Gasteiger charge is 2.51. The van der Waals surface area contributed by atoms with E-state index >= 15 is 0 Å². The van der Waals surface area contributed by atoms with Crippen molar-refractivity contribution in [2.75, 3.05) is 7.11 Å². The Morgan fingerprint density at radius 2 is 1.88 bits per heavy atom. The Morgan fingerprint density at radius 1 is 1.12 bits per heavy atom. The van der Waals surface area contributed by atoms with Crippen molar-refractivity contribution in [3.8, 4) is 23.3 Å². The summed E-state index contributed by atoms with van der Waals surface area (Å²) in [5.41, 5.74) is 0.331. The van der Waals surface area contributed by atoms with Gasteiger partial charge in [-0.1, -0.05) is 0 Å². The van der Waals surface area contributed by atoms with Crippen LogP contribution in [0.25, 0.3) is 0 Å². The predicted molar refractivity (Wildman–Crippen MR) is 115 cm³/mol. The molecule has 0 aliphatic heterocycles. The van der Waals surface area contributed by atoms with E-state index in [4.69, 9.17) is 9.47 Å². The van der Waals surface area contributed by atoms with E-state index < -0.39 is 11.4 Å². The number of nitriles is 1. The number of ether oxygens (including phenoxy) is 2. The maximum Gasteiger partial charge on any atom is 0.255 e. The quantitative estimate of drug-likeness (QED) is 0.539. The fourth-order valence-corrected chi connectivity index (χ4v) is 3.09. The number of rotatable bonds is 8. The summed E-state index contributed by atoms with van der Waals surface area (Å²) in [5, 5.41) is 14.9. The molecule has 1 fully saturated rings. The first-order valence-corrected chi connectivity index (χ1v) is 10.1. The van der Waals surface area contributed by atoms with Crippen molar-refractivity contribution in [1.29, 1.82) is 5.26 Å². The summed E-state index contributed by atoms with van der Waals surface area (Å²) in [6, 6.07) is 10.4. The van der Waals surface area contributed by atoms with E-state index in [0.717, 1.165) is 0 Å². The minimum absolute atomic E-state index is 0.192. The van der Waals surface area contributed by atoms with Crippen LogP contribution in [0.3, 0.4) is 0 Å². The van der Waals surface area contributed by atoms with Gasteiger partial charge in [-0.25, -0.2) is 9.97 Å². The molecule has 1 aliphatic carbocycles. The second-order valence-corrected chi connectivity index (χ2v) is 7.41. The minimum atomic E-state index is -0.919. The summed E-state index contributed by atoms with van der Waals surface area (Å²) in [5.74, 6) is 0.730. The average Bonchev–Trinajstić information content (AvgIpc) is 3.64. The van der Waals surface area contributed by atoms with Gasteiger partial charge in [-0.05, 0) is 37.1 Å². The molecule has 1 saturated carbocycles. The van der Waals surface area contributed by atoms with E-state index in [0.29, 0.717) is 46.9 Å². The second-order valence-electron chi connectivity index (χ2n) is 7.41. The number of carbonyl (C=O) groups is 2. The standard InChI is InChI=1S/C23H20N6O4/c1-32-18-4-5-20(15(8-18)9-24)33-19-3-2-17(27-13-19)12-28-22(31)23(6-7-23)29-21(30)16-10-25-14-26-11-16/h2-5,8,10-11,13-14H,6-7,12H2,1H3,(H,28,31)(H,29,30). The van der Waals surface area contributed by atoms with Crippen LogP contribution in [0.15, 0.2) is 55.2 Å². The Morgan fingerprint density at radius 3 is 2.52 bits per heavy atom. The molecule has 0 atom stereocenters. The number of methoxy groups -OCH3 is 1. The van der Waals surface area contributed by atoms with Crippen LogP contribution in [0.2, 0.25) is 0 Å². The second kappa shape index (κ2) is 9.32. The molecule has 10 heteroatoms. The van der Waals surface area contributed by atoms with Gasteiger partial charge in [-0.15, -0.1) is 0 Å². The molecule has 0 bridgehead atoms. The van der Waals surface area contributed by atoms with Crippen LogP contribution in [0, 0.1) is 11.3 Å². The highest BCUT2D eigenvalue weighted by atomic mass is 16.5. The van der Waals surface area contributed by atoms with Crippen molar-refractivity contribution < 1.29 is 19.1 Å². The summed E-state index contributed by atoms with van der Waals surface area (Å²) >= 11 is 0. The third-order valence-corrected chi connectivity index (χ3v) is 5.12. The van der Waals surface area contributed by atoms with Gasteiger partial charge in [0, 0.05) is 18.5 Å². The molecular formula is C23H20N6O4. The van der Waals surface area contributed by atoms with Crippen LogP contribution < -0.4 is 20.1 Å². The molecule has 0 radical (unpaired) electrons. The summed E-state index contributed by atoms with van der Waals surface area (Å²) in [7, 11) is 1.52. The molecular weight excluding hydrogens is 424 g/mol. The molecule has 1 aliphatic rings. The van der Waals surface area contributed by atoms with Crippen molar-refractivity contribution in [3.05, 3.63) is 72.1 Å². The van der Waals surface area contributed by atoms with Crippen LogP contribution in [-0.4, -0.2) is 39.4 Å². The number of amides is 2. The molecule has 3 aromatic rings. The van der Waals surface area contributed by atoms with Crippen molar-refractivity contribution in [2.24, 2.45) is 0 Å². The molecule has 0 saturated heterocycles. The minimum Gasteiger partial charge on any atom is -0.497 e. The number of hydrogen-bond donors (Lipinski definition) is 2. The highest BCUT2D eigenvalue weighted by Crippen LogP contribution is 2.36. The van der Waals surface area contributed by atoms with E-state index in [1.165, 1.54) is 32.0 Å². The van der Waals surface area contributed by atoms with E-state index in [2.05, 4.69) is 31.7 Å². The average molecular weight is 444 g/mol. The van der Waals surface area contributed by atoms with Crippen LogP contribution in [-0.2, 0) is 11.3 Å².